The van der Waals surface area contributed by atoms with Gasteiger partial charge in [-0.1, -0.05) is 11.6 Å². The molecule has 0 radical (unpaired) electrons. The highest BCUT2D eigenvalue weighted by molar-refractivity contribution is 7.88. The van der Waals surface area contributed by atoms with Crippen molar-refractivity contribution in [2.45, 2.75) is 31.8 Å². The topological polar surface area (TPSA) is 87.2 Å². The zero-order valence-electron chi connectivity index (χ0n) is 16.0. The second-order valence-corrected chi connectivity index (χ2v) is 9.93. The fourth-order valence-corrected chi connectivity index (χ4v) is 4.79. The highest BCUT2D eigenvalue weighted by atomic mass is 35.5. The molecule has 2 heterocycles. The smallest absolute Gasteiger partial charge is 0.253 e. The number of piperidine rings is 2. The standard InChI is InChI=1S/C19H27ClN2O5S/c1-28(25,26)22-10-6-16(7-11-22)27-18-3-2-15(12-17(18)20)19(24)21-8-4-14(13-23)5-9-21/h2-3,12,14,16,23H,4-11,13H2,1H3. The van der Waals surface area contributed by atoms with Crippen LogP contribution < -0.4 is 4.74 Å². The van der Waals surface area contributed by atoms with E-state index in [4.69, 9.17) is 16.3 Å². The lowest BCUT2D eigenvalue weighted by atomic mass is 9.97. The Morgan fingerprint density at radius 2 is 1.82 bits per heavy atom. The van der Waals surface area contributed by atoms with Crippen molar-refractivity contribution in [1.82, 2.24) is 9.21 Å². The number of rotatable bonds is 5. The Labute approximate surface area is 171 Å². The average molecular weight is 431 g/mol. The minimum Gasteiger partial charge on any atom is -0.489 e. The first kappa shape index (κ1) is 21.4. The van der Waals surface area contributed by atoms with Crippen LogP contribution >= 0.6 is 11.6 Å². The molecule has 156 valence electrons. The normalized spacial score (nSPS) is 20.3. The number of amides is 1. The van der Waals surface area contributed by atoms with Crippen LogP contribution in [-0.4, -0.2) is 73.8 Å². The monoisotopic (exact) mass is 430 g/mol. The number of aliphatic hydroxyl groups excluding tert-OH is 1. The summed E-state index contributed by atoms with van der Waals surface area (Å²) in [6.45, 7) is 2.31. The van der Waals surface area contributed by atoms with Gasteiger partial charge in [-0.3, -0.25) is 4.79 Å². The minimum atomic E-state index is -3.17. The molecule has 3 rings (SSSR count). The first-order chi connectivity index (χ1) is 13.3. The first-order valence-electron chi connectivity index (χ1n) is 9.59. The summed E-state index contributed by atoms with van der Waals surface area (Å²) in [7, 11) is -3.17. The van der Waals surface area contributed by atoms with E-state index in [1.54, 1.807) is 23.1 Å². The zero-order chi connectivity index (χ0) is 20.3. The van der Waals surface area contributed by atoms with Gasteiger partial charge in [0.15, 0.2) is 0 Å². The number of likely N-dealkylation sites (tertiary alicyclic amines) is 1. The molecule has 2 aliphatic heterocycles. The van der Waals surface area contributed by atoms with Gasteiger partial charge in [0.2, 0.25) is 10.0 Å². The minimum absolute atomic E-state index is 0.0636. The zero-order valence-corrected chi connectivity index (χ0v) is 17.6. The quantitative estimate of drug-likeness (QED) is 0.771. The van der Waals surface area contributed by atoms with Gasteiger partial charge in [-0.2, -0.15) is 0 Å². The molecule has 1 aromatic rings. The fourth-order valence-electron chi connectivity index (χ4n) is 3.69. The number of carbonyl (C=O) groups excluding carboxylic acids is 1. The van der Waals surface area contributed by atoms with Gasteiger partial charge in [0.05, 0.1) is 11.3 Å². The molecule has 0 unspecified atom stereocenters. The predicted octanol–water partition coefficient (Wildman–Crippen LogP) is 1.99. The van der Waals surface area contributed by atoms with Crippen molar-refractivity contribution in [2.24, 2.45) is 5.92 Å². The lowest BCUT2D eigenvalue weighted by molar-refractivity contribution is 0.0651. The maximum atomic E-state index is 12.7. The van der Waals surface area contributed by atoms with Crippen molar-refractivity contribution < 1.29 is 23.1 Å². The molecule has 2 aliphatic rings. The summed E-state index contributed by atoms with van der Waals surface area (Å²) in [5.41, 5.74) is 0.520. The van der Waals surface area contributed by atoms with Crippen molar-refractivity contribution in [1.29, 1.82) is 0 Å². The number of halogens is 1. The van der Waals surface area contributed by atoms with E-state index in [9.17, 15) is 18.3 Å². The van der Waals surface area contributed by atoms with Gasteiger partial charge in [-0.15, -0.1) is 0 Å². The molecule has 0 saturated carbocycles. The summed E-state index contributed by atoms with van der Waals surface area (Å²) in [6.07, 6.45) is 3.93. The highest BCUT2D eigenvalue weighted by Gasteiger charge is 2.27. The van der Waals surface area contributed by atoms with Crippen molar-refractivity contribution in [3.63, 3.8) is 0 Å². The van der Waals surface area contributed by atoms with Crippen molar-refractivity contribution in [3.05, 3.63) is 28.8 Å². The van der Waals surface area contributed by atoms with Gasteiger partial charge in [0.25, 0.3) is 5.91 Å². The van der Waals surface area contributed by atoms with Crippen LogP contribution in [0.25, 0.3) is 0 Å². The third-order valence-corrected chi connectivity index (χ3v) is 7.10. The Morgan fingerprint density at radius 3 is 2.36 bits per heavy atom. The van der Waals surface area contributed by atoms with Crippen molar-refractivity contribution in [2.75, 3.05) is 39.0 Å². The Balaban J connectivity index is 1.58. The SMILES string of the molecule is CS(=O)(=O)N1CCC(Oc2ccc(C(=O)N3CCC(CO)CC3)cc2Cl)CC1. The number of nitrogens with zero attached hydrogens (tertiary/aromatic N) is 2. The Morgan fingerprint density at radius 1 is 1.18 bits per heavy atom. The van der Waals surface area contributed by atoms with Crippen LogP contribution in [0.1, 0.15) is 36.0 Å². The third-order valence-electron chi connectivity index (χ3n) is 5.50. The molecule has 1 N–H and O–H groups in total. The number of ether oxygens (including phenoxy) is 1. The number of carbonyl (C=O) groups is 1. The molecule has 0 aliphatic carbocycles. The predicted molar refractivity (Wildman–Crippen MR) is 107 cm³/mol. The summed E-state index contributed by atoms with van der Waals surface area (Å²) in [5.74, 6) is 0.721. The van der Waals surface area contributed by atoms with Gasteiger partial charge in [0, 0.05) is 38.3 Å². The summed E-state index contributed by atoms with van der Waals surface area (Å²) >= 11 is 6.34. The molecule has 1 amide bonds. The van der Waals surface area contributed by atoms with Gasteiger partial charge in [-0.05, 0) is 49.8 Å². The van der Waals surface area contributed by atoms with E-state index in [0.717, 1.165) is 12.8 Å². The molecule has 2 saturated heterocycles. The maximum Gasteiger partial charge on any atom is 0.253 e. The number of benzene rings is 1. The fraction of sp³-hybridized carbons (Fsp3) is 0.632. The van der Waals surface area contributed by atoms with Crippen LogP contribution in [0.3, 0.4) is 0 Å². The number of hydrogen-bond acceptors (Lipinski definition) is 5. The Hall–Kier alpha value is -1.35. The van der Waals surface area contributed by atoms with E-state index < -0.39 is 10.0 Å². The molecule has 7 nitrogen and oxygen atoms in total. The molecule has 2 fully saturated rings. The summed E-state index contributed by atoms with van der Waals surface area (Å²) in [6, 6.07) is 5.05. The van der Waals surface area contributed by atoms with E-state index in [1.807, 2.05) is 0 Å². The molecular weight excluding hydrogens is 404 g/mol. The largest absolute Gasteiger partial charge is 0.489 e. The van der Waals surface area contributed by atoms with E-state index in [0.29, 0.717) is 55.4 Å². The van der Waals surface area contributed by atoms with Crippen LogP contribution in [0.15, 0.2) is 18.2 Å². The summed E-state index contributed by atoms with van der Waals surface area (Å²) in [4.78, 5) is 14.5. The maximum absolute atomic E-state index is 12.7. The molecule has 28 heavy (non-hydrogen) atoms. The van der Waals surface area contributed by atoms with Crippen LogP contribution in [0, 0.1) is 5.92 Å². The molecule has 0 spiro atoms. The van der Waals surface area contributed by atoms with E-state index in [1.165, 1.54) is 10.6 Å². The van der Waals surface area contributed by atoms with Gasteiger partial charge < -0.3 is 14.7 Å². The highest BCUT2D eigenvalue weighted by Crippen LogP contribution is 2.29. The summed E-state index contributed by atoms with van der Waals surface area (Å²) < 4.78 is 30.6. The number of sulfonamides is 1. The Kier molecular flexibility index (Phi) is 6.85. The van der Waals surface area contributed by atoms with E-state index in [-0.39, 0.29) is 24.5 Å². The lowest BCUT2D eigenvalue weighted by Crippen LogP contribution is -2.41. The van der Waals surface area contributed by atoms with Crippen LogP contribution in [0.4, 0.5) is 0 Å². The molecular formula is C19H27ClN2O5S. The second kappa shape index (κ2) is 8.98. The average Bonchev–Trinajstić information content (AvgIpc) is 2.69. The second-order valence-electron chi connectivity index (χ2n) is 7.54. The number of hydrogen-bond donors (Lipinski definition) is 1. The Bertz CT molecular complexity index is 801. The van der Waals surface area contributed by atoms with Crippen LogP contribution in [0.2, 0.25) is 5.02 Å². The summed E-state index contributed by atoms with van der Waals surface area (Å²) in [5, 5.41) is 9.60. The van der Waals surface area contributed by atoms with E-state index in [2.05, 4.69) is 0 Å². The van der Waals surface area contributed by atoms with E-state index >= 15 is 0 Å². The lowest BCUT2D eigenvalue weighted by Gasteiger charge is -2.31. The molecule has 0 atom stereocenters. The molecule has 0 bridgehead atoms. The first-order valence-corrected chi connectivity index (χ1v) is 11.8. The molecule has 1 aromatic carbocycles. The number of aliphatic hydroxyl groups is 1. The van der Waals surface area contributed by atoms with Gasteiger partial charge in [0.1, 0.15) is 11.9 Å². The van der Waals surface area contributed by atoms with Crippen LogP contribution in [0.5, 0.6) is 5.75 Å². The van der Waals surface area contributed by atoms with Gasteiger partial charge >= 0.3 is 0 Å². The third kappa shape index (κ3) is 5.17. The molecule has 9 heteroatoms. The van der Waals surface area contributed by atoms with Crippen molar-refractivity contribution >= 4 is 27.5 Å². The van der Waals surface area contributed by atoms with Crippen LogP contribution in [-0.2, 0) is 10.0 Å². The van der Waals surface area contributed by atoms with Crippen molar-refractivity contribution in [3.8, 4) is 5.75 Å². The molecule has 0 aromatic heterocycles. The van der Waals surface area contributed by atoms with Gasteiger partial charge in [-0.25, -0.2) is 12.7 Å².